The SMILES string of the molecule is CCCCCNC(=O)[C@H]1OC(CCc2ccc([C@@H]3C(CC[C@H](O)c4ccc(F)cc4)C(=O)N3c3ccc(CCCN(C)S(C)(=O)=O)cc3)cc2)[C@H](O)[C@@H](O)[C@@H]1O.CN(CCCc1ccc(N2C(=O)C(CC[C@H](O)c3ccc(F)cc3)[C@H]2c2ccc(CCC3O[C@H](C(=O)NCCCCNC(=O)OCc4ccccc4)[C@@H](O)[C@H](O)[C@H]3O)cc2)cc1)S(C)(=O)=O. The van der Waals surface area contributed by atoms with Gasteiger partial charge in [-0.25, -0.2) is 39.0 Å². The third-order valence-corrected chi connectivity index (χ3v) is 26.0. The van der Waals surface area contributed by atoms with Gasteiger partial charge in [0.05, 0.1) is 60.8 Å². The van der Waals surface area contributed by atoms with Crippen LogP contribution in [0.25, 0.3) is 0 Å². The number of ether oxygens (including phenoxy) is 3. The van der Waals surface area contributed by atoms with E-state index in [4.69, 9.17) is 14.2 Å². The van der Waals surface area contributed by atoms with Crippen LogP contribution in [-0.4, -0.2) is 216 Å². The summed E-state index contributed by atoms with van der Waals surface area (Å²) in [6, 6.07) is 50.5. The Morgan fingerprint density at radius 1 is 0.451 bits per heavy atom. The van der Waals surface area contributed by atoms with Crippen LogP contribution in [0.5, 0.6) is 0 Å². The quantitative estimate of drug-likeness (QED) is 0.0126. The zero-order valence-electron chi connectivity index (χ0n) is 69.6. The molecule has 0 spiro atoms. The summed E-state index contributed by atoms with van der Waals surface area (Å²) in [4.78, 5) is 69.0. The third-order valence-electron chi connectivity index (χ3n) is 23.4. The van der Waals surface area contributed by atoms with Crippen LogP contribution < -0.4 is 25.8 Å². The molecular formula is C91H117F2N7O20S2. The lowest BCUT2D eigenvalue weighted by atomic mass is 9.78. The van der Waals surface area contributed by atoms with E-state index in [1.54, 1.807) is 23.9 Å². The van der Waals surface area contributed by atoms with E-state index < -0.39 is 135 Å². The summed E-state index contributed by atoms with van der Waals surface area (Å²) in [5.41, 5.74) is 8.91. The number of β-lactam (4-membered cyclic amide) rings is 2. The average Bonchev–Trinajstić information content (AvgIpc) is 0.743. The van der Waals surface area contributed by atoms with Crippen molar-refractivity contribution in [3.8, 4) is 0 Å². The molecule has 31 heteroatoms. The van der Waals surface area contributed by atoms with Gasteiger partial charge < -0.3 is 80.8 Å². The number of aryl methyl sites for hydroxylation is 4. The molecular weight excluding hydrogens is 1610 g/mol. The molecule has 4 aliphatic rings. The molecule has 27 nitrogen and oxygen atoms in total. The van der Waals surface area contributed by atoms with Gasteiger partial charge >= 0.3 is 6.09 Å². The van der Waals surface area contributed by atoms with Crippen molar-refractivity contribution in [2.45, 2.75) is 208 Å². The zero-order chi connectivity index (χ0) is 88.0. The highest BCUT2D eigenvalue weighted by molar-refractivity contribution is 7.88. The summed E-state index contributed by atoms with van der Waals surface area (Å²) in [5.74, 6) is -3.03. The normalized spacial score (nSPS) is 23.4. The van der Waals surface area contributed by atoms with Crippen LogP contribution in [0.3, 0.4) is 0 Å². The number of benzene rings is 7. The largest absolute Gasteiger partial charge is 0.445 e. The van der Waals surface area contributed by atoms with Gasteiger partial charge in [0.15, 0.2) is 12.2 Å². The van der Waals surface area contributed by atoms with Crippen LogP contribution in [0.2, 0.25) is 0 Å². The highest BCUT2D eigenvalue weighted by Gasteiger charge is 2.52. The molecule has 4 aliphatic heterocycles. The lowest BCUT2D eigenvalue weighted by molar-refractivity contribution is -0.221. The van der Waals surface area contributed by atoms with Crippen molar-refractivity contribution >= 4 is 61.1 Å². The van der Waals surface area contributed by atoms with Crippen molar-refractivity contribution in [2.75, 3.05) is 69.1 Å². The molecule has 11 rings (SSSR count). The van der Waals surface area contributed by atoms with Crippen molar-refractivity contribution in [3.63, 3.8) is 0 Å². The van der Waals surface area contributed by atoms with Crippen LogP contribution in [-0.2, 0) is 85.7 Å². The highest BCUT2D eigenvalue weighted by atomic mass is 32.2. The minimum atomic E-state index is -3.28. The summed E-state index contributed by atoms with van der Waals surface area (Å²) < 4.78 is 93.7. The minimum Gasteiger partial charge on any atom is -0.445 e. The number of unbranched alkanes of at least 4 members (excludes halogenated alkanes) is 3. The lowest BCUT2D eigenvalue weighted by Crippen LogP contribution is -2.61. The van der Waals surface area contributed by atoms with Gasteiger partial charge in [-0.1, -0.05) is 147 Å². The van der Waals surface area contributed by atoms with Gasteiger partial charge in [0.25, 0.3) is 11.8 Å². The predicted molar refractivity (Wildman–Crippen MR) is 455 cm³/mol. The molecule has 0 saturated carbocycles. The van der Waals surface area contributed by atoms with E-state index in [1.165, 1.54) is 69.7 Å². The Morgan fingerprint density at radius 3 is 1.19 bits per heavy atom. The van der Waals surface area contributed by atoms with Crippen molar-refractivity contribution in [3.05, 3.63) is 238 Å². The zero-order valence-corrected chi connectivity index (χ0v) is 71.2. The Hall–Kier alpha value is -9.03. The fraction of sp³-hybridized carbons (Fsp3) is 0.484. The summed E-state index contributed by atoms with van der Waals surface area (Å²) in [5, 5.41) is 93.9. The molecule has 16 atom stereocenters. The Kier molecular flexibility index (Phi) is 35.1. The van der Waals surface area contributed by atoms with E-state index in [1.807, 2.05) is 134 Å². The number of rotatable bonds is 41. The number of alkyl carbamates (subject to hydrolysis) is 1. The molecule has 4 heterocycles. The summed E-state index contributed by atoms with van der Waals surface area (Å²) in [6.07, 6.45) is -4.76. The number of hydrogen-bond donors (Lipinski definition) is 11. The van der Waals surface area contributed by atoms with Crippen LogP contribution in [0.15, 0.2) is 176 Å². The number of hydrogen-bond acceptors (Lipinski definition) is 20. The number of amides is 5. The van der Waals surface area contributed by atoms with E-state index in [9.17, 15) is 90.4 Å². The van der Waals surface area contributed by atoms with Crippen molar-refractivity contribution < 1.29 is 105 Å². The number of sulfonamides is 2. The molecule has 7 aromatic carbocycles. The lowest BCUT2D eigenvalue weighted by Gasteiger charge is -2.48. The Balaban J connectivity index is 0.000000259. The summed E-state index contributed by atoms with van der Waals surface area (Å²) in [6.45, 7) is 3.94. The van der Waals surface area contributed by atoms with Gasteiger partial charge in [0.1, 0.15) is 54.9 Å². The molecule has 0 aliphatic carbocycles. The van der Waals surface area contributed by atoms with Crippen LogP contribution >= 0.6 is 0 Å². The number of carbonyl (C=O) groups excluding carboxylic acids is 5. The summed E-state index contributed by atoms with van der Waals surface area (Å²) >= 11 is 0. The van der Waals surface area contributed by atoms with Crippen LogP contribution in [0.4, 0.5) is 25.0 Å². The standard InChI is InChI=1S/C49H61FN4O11S.C42H56FN3O9S/c1-53(66(2,62)63)30-8-11-32-14-23-38(24-15-32)54-42(39(48(54)60)25-26-40(55)35-19-21-37(50)22-20-35)36-17-12-33(13-18-36)16-27-41-43(56)44(57)45(58)46(65-41)47(59)51-28-6-7-29-52-49(61)64-31-34-9-4-3-5-10-34;1-4-5-6-25-44-41(51)40-39(50)38(49)37(48)35(55-40)24-13-28-9-14-30(15-10-28)36-33(22-23-34(47)29-16-18-31(43)19-17-29)42(52)46(36)32-20-11-27(12-21-32)8-7-26-45(2)56(3,53)54/h3-5,9-10,12-15,17-24,39-46,55-58H,6-8,11,16,25-31H2,1-2H3,(H,51,59)(H,52,61);9-12,14-21,33-40,47-50H,4-8,13,22-26H2,1-3H3,(H,44,51)/t39?,40-,41?,42+,43-,44+,45-,46-;33?,34-,35?,36+,37-,38+,39-,40-/m00/s1. The van der Waals surface area contributed by atoms with Gasteiger partial charge in [0, 0.05) is 58.2 Å². The topological polar surface area (TPSA) is 392 Å². The highest BCUT2D eigenvalue weighted by Crippen LogP contribution is 2.49. The van der Waals surface area contributed by atoms with Gasteiger partial charge in [0.2, 0.25) is 31.9 Å². The van der Waals surface area contributed by atoms with Crippen LogP contribution in [0, 0.1) is 23.5 Å². The first-order chi connectivity index (χ1) is 58.3. The van der Waals surface area contributed by atoms with E-state index >= 15 is 0 Å². The van der Waals surface area contributed by atoms with Crippen molar-refractivity contribution in [1.82, 2.24) is 24.6 Å². The number of aliphatic hydroxyl groups excluding tert-OH is 8. The monoisotopic (exact) mass is 1730 g/mol. The predicted octanol–water partition coefficient (Wildman–Crippen LogP) is 8.43. The first-order valence-electron chi connectivity index (χ1n) is 41.9. The number of nitrogens with zero attached hydrogens (tertiary/aromatic N) is 4. The van der Waals surface area contributed by atoms with E-state index in [0.29, 0.717) is 119 Å². The smallest absolute Gasteiger partial charge is 0.407 e. The summed E-state index contributed by atoms with van der Waals surface area (Å²) in [7, 11) is -3.44. The molecule has 0 radical (unpaired) electrons. The van der Waals surface area contributed by atoms with E-state index in [-0.39, 0.29) is 56.3 Å². The Bertz CT molecular complexity index is 4750. The van der Waals surface area contributed by atoms with Crippen LogP contribution in [0.1, 0.15) is 165 Å². The molecule has 0 bridgehead atoms. The maximum Gasteiger partial charge on any atom is 0.407 e. The minimum absolute atomic E-state index is 0.0824. The number of halogens is 2. The maximum atomic E-state index is 13.9. The second kappa shape index (κ2) is 45.0. The molecule has 4 unspecified atom stereocenters. The van der Waals surface area contributed by atoms with E-state index in [0.717, 1.165) is 58.2 Å². The first-order valence-corrected chi connectivity index (χ1v) is 45.6. The number of anilines is 2. The molecule has 7 aromatic rings. The molecule has 4 saturated heterocycles. The van der Waals surface area contributed by atoms with Gasteiger partial charge in [-0.05, 0) is 195 Å². The molecule has 5 amide bonds. The molecule has 11 N–H and O–H groups in total. The van der Waals surface area contributed by atoms with Gasteiger partial charge in [-0.2, -0.15) is 0 Å². The molecule has 0 aromatic heterocycles. The number of carbonyl (C=O) groups is 5. The molecule has 662 valence electrons. The second-order valence-electron chi connectivity index (χ2n) is 32.2. The number of aliphatic hydroxyl groups is 8. The second-order valence-corrected chi connectivity index (χ2v) is 36.4. The molecule has 122 heavy (non-hydrogen) atoms. The van der Waals surface area contributed by atoms with Gasteiger partial charge in [-0.3, -0.25) is 19.2 Å². The van der Waals surface area contributed by atoms with Crippen molar-refractivity contribution in [2.24, 2.45) is 11.8 Å². The van der Waals surface area contributed by atoms with Gasteiger partial charge in [-0.15, -0.1) is 0 Å². The number of nitrogens with one attached hydrogen (secondary N) is 3. The maximum absolute atomic E-state index is 13.9. The first kappa shape index (κ1) is 95.2. The fourth-order valence-electron chi connectivity index (χ4n) is 15.8. The Labute approximate surface area is 713 Å². The molecule has 4 fully saturated rings. The van der Waals surface area contributed by atoms with E-state index in [2.05, 4.69) is 16.0 Å². The van der Waals surface area contributed by atoms with Crippen molar-refractivity contribution in [1.29, 1.82) is 0 Å². The third kappa shape index (κ3) is 26.1. The Morgan fingerprint density at radius 2 is 0.811 bits per heavy atom. The average molecular weight is 1730 g/mol. The fourth-order valence-corrected chi connectivity index (χ4v) is 16.7.